The lowest BCUT2D eigenvalue weighted by Gasteiger charge is -2.32. The molecular weight excluding hydrogens is 268 g/mol. The molecule has 1 atom stereocenters. The Kier molecular flexibility index (Phi) is 3.97. The second-order valence-corrected chi connectivity index (χ2v) is 5.35. The third-order valence-electron chi connectivity index (χ3n) is 3.92. The Balaban J connectivity index is 1.92. The quantitative estimate of drug-likeness (QED) is 0.899. The number of anilines is 1. The minimum atomic E-state index is 0.214. The number of aryl methyl sites for hydroxylation is 1. The maximum absolute atomic E-state index is 9.36. The molecule has 1 fully saturated rings. The average Bonchev–Trinajstić information content (AvgIpc) is 2.96. The van der Waals surface area contributed by atoms with Crippen LogP contribution in [0.2, 0.25) is 0 Å². The molecular formula is C14H18N6O. The molecule has 0 radical (unpaired) electrons. The van der Waals surface area contributed by atoms with Gasteiger partial charge in [-0.2, -0.15) is 10.4 Å². The van der Waals surface area contributed by atoms with Crippen molar-refractivity contribution < 1.29 is 5.11 Å². The summed E-state index contributed by atoms with van der Waals surface area (Å²) in [4.78, 5) is 10.9. The van der Waals surface area contributed by atoms with Gasteiger partial charge in [0.25, 0.3) is 0 Å². The summed E-state index contributed by atoms with van der Waals surface area (Å²) >= 11 is 0. The van der Waals surface area contributed by atoms with E-state index in [-0.39, 0.29) is 6.61 Å². The minimum Gasteiger partial charge on any atom is -0.396 e. The second kappa shape index (κ2) is 6.06. The van der Waals surface area contributed by atoms with E-state index >= 15 is 0 Å². The fourth-order valence-corrected chi connectivity index (χ4v) is 2.86. The van der Waals surface area contributed by atoms with Crippen LogP contribution in [0, 0.1) is 17.2 Å². The van der Waals surface area contributed by atoms with Crippen LogP contribution in [-0.4, -0.2) is 44.6 Å². The normalized spacial score (nSPS) is 18.9. The molecule has 1 saturated heterocycles. The molecule has 0 amide bonds. The molecule has 7 nitrogen and oxygen atoms in total. The predicted octanol–water partition coefficient (Wildman–Crippen LogP) is 0.949. The lowest BCUT2D eigenvalue weighted by Crippen LogP contribution is -2.37. The first-order valence-corrected chi connectivity index (χ1v) is 7.22. The number of nitriles is 1. The van der Waals surface area contributed by atoms with Crippen LogP contribution in [-0.2, 0) is 6.54 Å². The lowest BCUT2D eigenvalue weighted by atomic mass is 9.99. The van der Waals surface area contributed by atoms with Gasteiger partial charge in [0, 0.05) is 19.7 Å². The first kappa shape index (κ1) is 13.8. The van der Waals surface area contributed by atoms with Gasteiger partial charge >= 0.3 is 0 Å². The van der Waals surface area contributed by atoms with Gasteiger partial charge in [-0.05, 0) is 18.8 Å². The maximum atomic E-state index is 9.36. The van der Waals surface area contributed by atoms with Crippen LogP contribution in [0.15, 0.2) is 12.5 Å². The fraction of sp³-hybridized carbons (Fsp3) is 0.571. The molecule has 7 heteroatoms. The van der Waals surface area contributed by atoms with E-state index in [1.807, 2.05) is 0 Å². The lowest BCUT2D eigenvalue weighted by molar-refractivity contribution is 0.208. The fourth-order valence-electron chi connectivity index (χ4n) is 2.86. The summed E-state index contributed by atoms with van der Waals surface area (Å²) in [6.45, 7) is 2.50. The summed E-state index contributed by atoms with van der Waals surface area (Å²) in [5.74, 6) is 1.18. The third-order valence-corrected chi connectivity index (χ3v) is 3.92. The van der Waals surface area contributed by atoms with Crippen molar-refractivity contribution in [1.82, 2.24) is 19.7 Å². The Labute approximate surface area is 122 Å². The van der Waals surface area contributed by atoms with Crippen LogP contribution in [0.4, 0.5) is 5.82 Å². The van der Waals surface area contributed by atoms with Gasteiger partial charge < -0.3 is 10.0 Å². The van der Waals surface area contributed by atoms with Crippen LogP contribution < -0.4 is 4.90 Å². The summed E-state index contributed by atoms with van der Waals surface area (Å²) in [5, 5.41) is 23.3. The van der Waals surface area contributed by atoms with Crippen molar-refractivity contribution in [2.45, 2.75) is 25.8 Å². The molecule has 0 saturated carbocycles. The summed E-state index contributed by atoms with van der Waals surface area (Å²) in [5.41, 5.74) is 0.765. The van der Waals surface area contributed by atoms with Crippen LogP contribution >= 0.6 is 0 Å². The number of hydrogen-bond donors (Lipinski definition) is 1. The highest BCUT2D eigenvalue weighted by molar-refractivity contribution is 5.86. The second-order valence-electron chi connectivity index (χ2n) is 5.35. The smallest absolute Gasteiger partial charge is 0.163 e. The van der Waals surface area contributed by atoms with E-state index in [2.05, 4.69) is 26.0 Å². The molecule has 0 aliphatic carbocycles. The number of aromatic nitrogens is 4. The summed E-state index contributed by atoms with van der Waals surface area (Å²) < 4.78 is 1.75. The first-order chi connectivity index (χ1) is 10.3. The summed E-state index contributed by atoms with van der Waals surface area (Å²) in [7, 11) is 0. The van der Waals surface area contributed by atoms with Gasteiger partial charge in [-0.25, -0.2) is 14.6 Å². The molecule has 21 heavy (non-hydrogen) atoms. The summed E-state index contributed by atoms with van der Waals surface area (Å²) in [6, 6.07) is 2.12. The molecule has 0 unspecified atom stereocenters. The molecule has 2 aromatic rings. The maximum Gasteiger partial charge on any atom is 0.163 e. The molecule has 1 aliphatic heterocycles. The van der Waals surface area contributed by atoms with E-state index in [0.29, 0.717) is 18.9 Å². The first-order valence-electron chi connectivity index (χ1n) is 7.22. The zero-order valence-corrected chi connectivity index (χ0v) is 11.8. The van der Waals surface area contributed by atoms with Crippen molar-refractivity contribution in [3.05, 3.63) is 12.5 Å². The van der Waals surface area contributed by atoms with Crippen molar-refractivity contribution in [1.29, 1.82) is 5.26 Å². The van der Waals surface area contributed by atoms with E-state index in [9.17, 15) is 5.11 Å². The van der Waals surface area contributed by atoms with Crippen LogP contribution in [0.3, 0.4) is 0 Å². The van der Waals surface area contributed by atoms with Gasteiger partial charge in [-0.3, -0.25) is 0 Å². The number of fused-ring (bicyclic) bond motifs is 1. The molecule has 0 spiro atoms. The van der Waals surface area contributed by atoms with Crippen LogP contribution in [0.1, 0.15) is 19.3 Å². The number of hydrogen-bond acceptors (Lipinski definition) is 6. The Morgan fingerprint density at radius 2 is 2.33 bits per heavy atom. The predicted molar refractivity (Wildman–Crippen MR) is 77.6 cm³/mol. The van der Waals surface area contributed by atoms with Crippen molar-refractivity contribution in [3.63, 3.8) is 0 Å². The van der Waals surface area contributed by atoms with Gasteiger partial charge in [-0.15, -0.1) is 0 Å². The highest BCUT2D eigenvalue weighted by atomic mass is 16.3. The Hall–Kier alpha value is -2.20. The zero-order valence-electron chi connectivity index (χ0n) is 11.8. The highest BCUT2D eigenvalue weighted by Gasteiger charge is 2.22. The molecule has 0 aromatic carbocycles. The van der Waals surface area contributed by atoms with Crippen molar-refractivity contribution >= 4 is 16.9 Å². The van der Waals surface area contributed by atoms with E-state index in [0.717, 1.165) is 42.8 Å². The van der Waals surface area contributed by atoms with Crippen LogP contribution in [0.25, 0.3) is 11.0 Å². The van der Waals surface area contributed by atoms with E-state index < -0.39 is 0 Å². The highest BCUT2D eigenvalue weighted by Crippen LogP contribution is 2.27. The van der Waals surface area contributed by atoms with E-state index in [1.54, 1.807) is 17.2 Å². The van der Waals surface area contributed by atoms with Gasteiger partial charge in [-0.1, -0.05) is 0 Å². The SMILES string of the molecule is N#CCCn1ncc2c(N3CCC[C@H](CO)C3)ncnc21. The monoisotopic (exact) mass is 286 g/mol. The van der Waals surface area contributed by atoms with Gasteiger partial charge in [0.1, 0.15) is 12.1 Å². The number of aliphatic hydroxyl groups is 1. The number of aliphatic hydroxyl groups excluding tert-OH is 1. The van der Waals surface area contributed by atoms with E-state index in [4.69, 9.17) is 5.26 Å². The number of nitrogens with zero attached hydrogens (tertiary/aromatic N) is 6. The zero-order chi connectivity index (χ0) is 14.7. The molecule has 3 rings (SSSR count). The molecule has 2 aromatic heterocycles. The van der Waals surface area contributed by atoms with Crippen LogP contribution in [0.5, 0.6) is 0 Å². The molecule has 1 N–H and O–H groups in total. The third kappa shape index (κ3) is 2.67. The van der Waals surface area contributed by atoms with Gasteiger partial charge in [0.05, 0.1) is 30.6 Å². The van der Waals surface area contributed by atoms with Gasteiger partial charge in [0.15, 0.2) is 5.65 Å². The largest absolute Gasteiger partial charge is 0.396 e. The standard InChI is InChI=1S/C14H18N6O/c15-4-2-6-20-14-12(7-18-20)13(16-10-17-14)19-5-1-3-11(8-19)9-21/h7,10-11,21H,1-3,5-6,8-9H2/t11-/m0/s1. The molecule has 110 valence electrons. The number of rotatable bonds is 4. The topological polar surface area (TPSA) is 90.9 Å². The van der Waals surface area contributed by atoms with Crippen molar-refractivity contribution in [2.75, 3.05) is 24.6 Å². The van der Waals surface area contributed by atoms with Gasteiger partial charge in [0.2, 0.25) is 0 Å². The summed E-state index contributed by atoms with van der Waals surface area (Å²) in [6.07, 6.45) is 5.84. The molecule has 1 aliphatic rings. The Morgan fingerprint density at radius 1 is 1.43 bits per heavy atom. The van der Waals surface area contributed by atoms with E-state index in [1.165, 1.54) is 0 Å². The number of piperidine rings is 1. The van der Waals surface area contributed by atoms with Crippen molar-refractivity contribution in [3.8, 4) is 6.07 Å². The molecule has 3 heterocycles. The van der Waals surface area contributed by atoms with Crippen molar-refractivity contribution in [2.24, 2.45) is 5.92 Å². The Morgan fingerprint density at radius 3 is 3.14 bits per heavy atom. The minimum absolute atomic E-state index is 0.214. The average molecular weight is 286 g/mol. The Bertz CT molecular complexity index is 661. The molecule has 0 bridgehead atoms.